The van der Waals surface area contributed by atoms with Crippen LogP contribution >= 0.6 is 0 Å². The molecule has 0 aliphatic carbocycles. The molecule has 0 unspecified atom stereocenters. The van der Waals surface area contributed by atoms with Crippen LogP contribution < -0.4 is 11.5 Å². The van der Waals surface area contributed by atoms with Gasteiger partial charge < -0.3 is 16.2 Å². The van der Waals surface area contributed by atoms with Gasteiger partial charge in [0, 0.05) is 0 Å². The minimum Gasteiger partial charge on any atom is -0.459 e. The Hall–Kier alpha value is -1.72. The van der Waals surface area contributed by atoms with Crippen molar-refractivity contribution >= 4 is 12.3 Å². The van der Waals surface area contributed by atoms with Crippen molar-refractivity contribution in [2.24, 2.45) is 11.5 Å². The fourth-order valence-corrected chi connectivity index (χ4v) is 1.59. The lowest BCUT2D eigenvalue weighted by molar-refractivity contribution is -0.149. The summed E-state index contributed by atoms with van der Waals surface area (Å²) in [6.45, 7) is 0.588. The van der Waals surface area contributed by atoms with Gasteiger partial charge in [-0.05, 0) is 31.4 Å². The summed E-state index contributed by atoms with van der Waals surface area (Å²) in [7, 11) is 0. The highest BCUT2D eigenvalue weighted by molar-refractivity contribution is 5.98. The van der Waals surface area contributed by atoms with Crippen molar-refractivity contribution < 1.29 is 14.3 Å². The molecule has 0 saturated carbocycles. The van der Waals surface area contributed by atoms with E-state index in [0.29, 0.717) is 19.4 Å². The normalized spacial score (nSPS) is 13.6. The van der Waals surface area contributed by atoms with E-state index in [9.17, 15) is 9.59 Å². The van der Waals surface area contributed by atoms with Gasteiger partial charge in [0.25, 0.3) is 0 Å². The van der Waals surface area contributed by atoms with E-state index < -0.39 is 11.5 Å². The molecule has 5 nitrogen and oxygen atoms in total. The summed E-state index contributed by atoms with van der Waals surface area (Å²) >= 11 is 0. The van der Waals surface area contributed by atoms with Gasteiger partial charge in [-0.3, -0.25) is 4.79 Å². The van der Waals surface area contributed by atoms with E-state index in [4.69, 9.17) is 16.2 Å². The maximum Gasteiger partial charge on any atom is 0.334 e. The molecule has 0 aromatic heterocycles. The maximum atomic E-state index is 11.8. The fourth-order valence-electron chi connectivity index (χ4n) is 1.59. The van der Waals surface area contributed by atoms with Gasteiger partial charge in [-0.25, -0.2) is 4.79 Å². The van der Waals surface area contributed by atoms with Crippen LogP contribution in [0.5, 0.6) is 0 Å². The second-order valence-electron chi connectivity index (χ2n) is 4.38. The molecule has 0 fully saturated rings. The van der Waals surface area contributed by atoms with Crippen molar-refractivity contribution in [3.8, 4) is 0 Å². The highest BCUT2D eigenvalue weighted by Crippen LogP contribution is 2.12. The minimum atomic E-state index is -1.69. The first-order chi connectivity index (χ1) is 9.12. The zero-order valence-electron chi connectivity index (χ0n) is 10.8. The number of esters is 1. The zero-order valence-corrected chi connectivity index (χ0v) is 10.8. The summed E-state index contributed by atoms with van der Waals surface area (Å²) in [5, 5.41) is 0. The molecule has 0 aliphatic heterocycles. The van der Waals surface area contributed by atoms with Gasteiger partial charge in [-0.15, -0.1) is 0 Å². The summed E-state index contributed by atoms with van der Waals surface area (Å²) in [6, 6.07) is 9.19. The van der Waals surface area contributed by atoms with Crippen LogP contribution in [0, 0.1) is 0 Å². The van der Waals surface area contributed by atoms with E-state index in [2.05, 4.69) is 0 Å². The van der Waals surface area contributed by atoms with E-state index in [1.54, 1.807) is 6.29 Å². The molecule has 0 amide bonds. The van der Waals surface area contributed by atoms with Gasteiger partial charge in [0.2, 0.25) is 6.29 Å². The topological polar surface area (TPSA) is 95.4 Å². The first-order valence-electron chi connectivity index (χ1n) is 6.22. The number of unbranched alkanes of at least 4 members (excludes halogenated alkanes) is 1. The van der Waals surface area contributed by atoms with Crippen LogP contribution in [-0.4, -0.2) is 24.3 Å². The monoisotopic (exact) mass is 263 g/mol. The smallest absolute Gasteiger partial charge is 0.334 e. The van der Waals surface area contributed by atoms with E-state index in [0.717, 1.165) is 5.56 Å². The molecule has 19 heavy (non-hydrogen) atoms. The zero-order chi connectivity index (χ0) is 14.1. The molecule has 0 saturated heterocycles. The van der Waals surface area contributed by atoms with Crippen LogP contribution in [0.3, 0.4) is 0 Å². The average Bonchev–Trinajstić information content (AvgIpc) is 2.45. The number of carbonyl (C=O) groups excluding carboxylic acids is 2. The summed E-state index contributed by atoms with van der Waals surface area (Å²) in [5.74, 6) is -0.747. The molecule has 0 spiro atoms. The Kier molecular flexibility index (Phi) is 6.18. The molecule has 1 rings (SSSR count). The van der Waals surface area contributed by atoms with Crippen molar-refractivity contribution in [2.75, 3.05) is 6.54 Å². The third-order valence-corrected chi connectivity index (χ3v) is 2.78. The molecule has 4 N–H and O–H groups in total. The van der Waals surface area contributed by atoms with Crippen LogP contribution in [-0.2, 0) is 20.9 Å². The fraction of sp³-hybridized carbons (Fsp3) is 0.429. The molecule has 1 aromatic carbocycles. The second-order valence-corrected chi connectivity index (χ2v) is 4.38. The number of hydrogen-bond acceptors (Lipinski definition) is 5. The lowest BCUT2D eigenvalue weighted by atomic mass is 9.95. The van der Waals surface area contributed by atoms with Crippen molar-refractivity contribution in [3.63, 3.8) is 0 Å². The van der Waals surface area contributed by atoms with Gasteiger partial charge in [0.05, 0.1) is 0 Å². The van der Waals surface area contributed by atoms with Gasteiger partial charge in [-0.1, -0.05) is 30.3 Å². The van der Waals surface area contributed by atoms with Crippen LogP contribution in [0.25, 0.3) is 0 Å². The Balaban J connectivity index is 2.51. The minimum absolute atomic E-state index is 0.0944. The molecule has 1 radical (unpaired) electrons. The Morgan fingerprint density at radius 1 is 1.26 bits per heavy atom. The summed E-state index contributed by atoms with van der Waals surface area (Å²) in [5.41, 5.74) is 10.2. The Bertz CT molecular complexity index is 408. The van der Waals surface area contributed by atoms with E-state index in [1.807, 2.05) is 30.3 Å². The van der Waals surface area contributed by atoms with Crippen LogP contribution in [0.15, 0.2) is 30.3 Å². The summed E-state index contributed by atoms with van der Waals surface area (Å²) < 4.78 is 5.06. The number of carbonyl (C=O) groups is 1. The highest BCUT2D eigenvalue weighted by atomic mass is 16.5. The molecular formula is C14H19N2O3. The molecule has 0 bridgehead atoms. The molecule has 1 aromatic rings. The van der Waals surface area contributed by atoms with Gasteiger partial charge in [0.1, 0.15) is 6.61 Å². The van der Waals surface area contributed by atoms with E-state index in [1.165, 1.54) is 0 Å². The molecule has 0 aliphatic rings. The first-order valence-corrected chi connectivity index (χ1v) is 6.22. The Morgan fingerprint density at radius 2 is 1.95 bits per heavy atom. The first kappa shape index (κ1) is 15.3. The maximum absolute atomic E-state index is 11.8. The third-order valence-electron chi connectivity index (χ3n) is 2.78. The standard InChI is InChI=1S/C14H19N2O3/c15-9-5-4-8-14(16,11-17)13(18)19-10-12-6-2-1-3-7-12/h1-3,6-7H,4-5,8-10,15-16H2/t14-/m1/s1. The Morgan fingerprint density at radius 3 is 2.53 bits per heavy atom. The summed E-state index contributed by atoms with van der Waals surface area (Å²) in [6.07, 6.45) is 3.07. The van der Waals surface area contributed by atoms with Crippen LogP contribution in [0.4, 0.5) is 0 Å². The third kappa shape index (κ3) is 4.81. The molecule has 103 valence electrons. The van der Waals surface area contributed by atoms with Crippen LogP contribution in [0.1, 0.15) is 24.8 Å². The van der Waals surface area contributed by atoms with Gasteiger partial charge in [-0.2, -0.15) is 0 Å². The van der Waals surface area contributed by atoms with E-state index in [-0.39, 0.29) is 13.0 Å². The predicted molar refractivity (Wildman–Crippen MR) is 71.8 cm³/mol. The van der Waals surface area contributed by atoms with Crippen molar-refractivity contribution in [2.45, 2.75) is 31.4 Å². The SMILES string of the molecule is NCCCC[C@@](N)([C]=O)C(=O)OCc1ccccc1. The number of nitrogens with two attached hydrogens (primary N) is 2. The lowest BCUT2D eigenvalue weighted by Crippen LogP contribution is -2.50. The van der Waals surface area contributed by atoms with Gasteiger partial charge >= 0.3 is 5.97 Å². The summed E-state index contributed by atoms with van der Waals surface area (Å²) in [4.78, 5) is 22.7. The number of ether oxygens (including phenoxy) is 1. The second kappa shape index (κ2) is 7.66. The number of benzene rings is 1. The van der Waals surface area contributed by atoms with E-state index >= 15 is 0 Å². The largest absolute Gasteiger partial charge is 0.459 e. The number of rotatable bonds is 8. The van der Waals surface area contributed by atoms with Crippen molar-refractivity contribution in [1.29, 1.82) is 0 Å². The average molecular weight is 263 g/mol. The Labute approximate surface area is 112 Å². The molecule has 1 atom stereocenters. The molecule has 0 heterocycles. The van der Waals surface area contributed by atoms with Crippen LogP contribution in [0.2, 0.25) is 0 Å². The van der Waals surface area contributed by atoms with Crippen molar-refractivity contribution in [1.82, 2.24) is 0 Å². The highest BCUT2D eigenvalue weighted by Gasteiger charge is 2.36. The number of hydrogen-bond donors (Lipinski definition) is 2. The van der Waals surface area contributed by atoms with Gasteiger partial charge in [0.15, 0.2) is 5.54 Å². The lowest BCUT2D eigenvalue weighted by Gasteiger charge is -2.20. The predicted octanol–water partition coefficient (Wildman–Crippen LogP) is 0.666. The molecular weight excluding hydrogens is 244 g/mol. The quantitative estimate of drug-likeness (QED) is 0.408. The molecule has 5 heteroatoms. The van der Waals surface area contributed by atoms with Crippen molar-refractivity contribution in [3.05, 3.63) is 35.9 Å².